The summed E-state index contributed by atoms with van der Waals surface area (Å²) in [6, 6.07) is 2.08. The summed E-state index contributed by atoms with van der Waals surface area (Å²) < 4.78 is 1.85. The summed E-state index contributed by atoms with van der Waals surface area (Å²) in [5.74, 6) is 1.61. The molecule has 10 nitrogen and oxygen atoms in total. The molecule has 4 aromatic rings. The third kappa shape index (κ3) is 2.80. The molecule has 136 valence electrons. The molecule has 1 fully saturated rings. The SMILES string of the molecule is Oc1cnc(N2CCN(c3ncnn4cc(-c5cn[nH]c5)cc34)CC2)nc1. The first kappa shape index (κ1) is 15.6. The van der Waals surface area contributed by atoms with Crippen molar-refractivity contribution in [1.29, 1.82) is 0 Å². The number of piperazine rings is 1. The summed E-state index contributed by atoms with van der Waals surface area (Å²) in [6.45, 7) is 3.14. The number of hydrogen-bond acceptors (Lipinski definition) is 8. The normalized spacial score (nSPS) is 14.8. The first-order valence-electron chi connectivity index (χ1n) is 8.61. The topological polar surface area (TPSA) is 111 Å². The molecule has 5 heterocycles. The smallest absolute Gasteiger partial charge is 0.225 e. The maximum atomic E-state index is 9.34. The van der Waals surface area contributed by atoms with Gasteiger partial charge in [-0.1, -0.05) is 0 Å². The molecule has 0 saturated carbocycles. The van der Waals surface area contributed by atoms with Gasteiger partial charge in [0.2, 0.25) is 5.95 Å². The summed E-state index contributed by atoms with van der Waals surface area (Å²) in [6.07, 6.45) is 10.0. The Morgan fingerprint density at radius 2 is 1.70 bits per heavy atom. The number of rotatable bonds is 3. The minimum Gasteiger partial charge on any atom is -0.505 e. The lowest BCUT2D eigenvalue weighted by atomic mass is 10.2. The van der Waals surface area contributed by atoms with Gasteiger partial charge < -0.3 is 14.9 Å². The number of H-pyrrole nitrogens is 1. The van der Waals surface area contributed by atoms with Crippen LogP contribution in [0.15, 0.2) is 43.4 Å². The Labute approximate surface area is 154 Å². The van der Waals surface area contributed by atoms with Gasteiger partial charge in [0.25, 0.3) is 0 Å². The van der Waals surface area contributed by atoms with E-state index in [9.17, 15) is 5.11 Å². The van der Waals surface area contributed by atoms with Crippen molar-refractivity contribution >= 4 is 17.3 Å². The van der Waals surface area contributed by atoms with Gasteiger partial charge in [0, 0.05) is 49.7 Å². The van der Waals surface area contributed by atoms with Crippen molar-refractivity contribution < 1.29 is 5.11 Å². The number of aromatic hydroxyl groups is 1. The predicted molar refractivity (Wildman–Crippen MR) is 98.7 cm³/mol. The van der Waals surface area contributed by atoms with Crippen LogP contribution in [-0.4, -0.2) is 66.0 Å². The summed E-state index contributed by atoms with van der Waals surface area (Å²) in [7, 11) is 0. The van der Waals surface area contributed by atoms with E-state index >= 15 is 0 Å². The van der Waals surface area contributed by atoms with Gasteiger partial charge >= 0.3 is 0 Å². The van der Waals surface area contributed by atoms with Crippen molar-refractivity contribution in [3.63, 3.8) is 0 Å². The number of hydrogen-bond donors (Lipinski definition) is 2. The molecule has 4 aromatic heterocycles. The van der Waals surface area contributed by atoms with Gasteiger partial charge in [0.1, 0.15) is 11.8 Å². The van der Waals surface area contributed by atoms with Crippen LogP contribution in [0.4, 0.5) is 11.8 Å². The van der Waals surface area contributed by atoms with E-state index in [4.69, 9.17) is 0 Å². The predicted octanol–water partition coefficient (Wildman–Crippen LogP) is 0.942. The lowest BCUT2D eigenvalue weighted by Gasteiger charge is -2.35. The van der Waals surface area contributed by atoms with Crippen LogP contribution in [0.5, 0.6) is 5.75 Å². The van der Waals surface area contributed by atoms with Gasteiger partial charge in [-0.15, -0.1) is 0 Å². The first-order chi connectivity index (χ1) is 13.3. The summed E-state index contributed by atoms with van der Waals surface area (Å²) in [5.41, 5.74) is 3.02. The third-order valence-corrected chi connectivity index (χ3v) is 4.70. The van der Waals surface area contributed by atoms with Crippen LogP contribution >= 0.6 is 0 Å². The van der Waals surface area contributed by atoms with Gasteiger partial charge in [0.05, 0.1) is 18.6 Å². The molecule has 0 spiro atoms. The van der Waals surface area contributed by atoms with Crippen LogP contribution in [0.25, 0.3) is 16.6 Å². The number of anilines is 2. The van der Waals surface area contributed by atoms with Gasteiger partial charge in [-0.05, 0) is 6.07 Å². The fourth-order valence-corrected chi connectivity index (χ4v) is 3.32. The lowest BCUT2D eigenvalue weighted by Crippen LogP contribution is -2.47. The van der Waals surface area contributed by atoms with Crippen molar-refractivity contribution in [3.05, 3.63) is 43.4 Å². The molecule has 0 bridgehead atoms. The quantitative estimate of drug-likeness (QED) is 0.553. The van der Waals surface area contributed by atoms with E-state index in [1.54, 1.807) is 12.5 Å². The number of nitrogens with one attached hydrogen (secondary N) is 1. The highest BCUT2D eigenvalue weighted by molar-refractivity contribution is 5.77. The molecule has 1 aliphatic rings. The molecular formula is C17H17N9O. The minimum absolute atomic E-state index is 0.0717. The third-order valence-electron chi connectivity index (χ3n) is 4.70. The Morgan fingerprint density at radius 3 is 2.44 bits per heavy atom. The molecule has 0 unspecified atom stereocenters. The number of aromatic nitrogens is 7. The summed E-state index contributed by atoms with van der Waals surface area (Å²) >= 11 is 0. The Hall–Kier alpha value is -3.69. The summed E-state index contributed by atoms with van der Waals surface area (Å²) in [5, 5.41) is 20.5. The molecule has 1 aliphatic heterocycles. The van der Waals surface area contributed by atoms with Crippen LogP contribution in [0.1, 0.15) is 0 Å². The molecule has 0 radical (unpaired) electrons. The average Bonchev–Trinajstić information content (AvgIpc) is 3.38. The van der Waals surface area contributed by atoms with Crippen molar-refractivity contribution in [1.82, 2.24) is 34.8 Å². The molecule has 0 amide bonds. The highest BCUT2D eigenvalue weighted by Crippen LogP contribution is 2.27. The number of fused-ring (bicyclic) bond motifs is 1. The molecule has 1 saturated heterocycles. The van der Waals surface area contributed by atoms with Crippen LogP contribution < -0.4 is 9.80 Å². The van der Waals surface area contributed by atoms with E-state index in [0.29, 0.717) is 5.95 Å². The zero-order valence-electron chi connectivity index (χ0n) is 14.4. The minimum atomic E-state index is 0.0717. The van der Waals surface area contributed by atoms with Crippen LogP contribution in [0.2, 0.25) is 0 Å². The molecule has 2 N–H and O–H groups in total. The number of aromatic amines is 1. The molecule has 0 aliphatic carbocycles. The first-order valence-corrected chi connectivity index (χ1v) is 8.61. The van der Waals surface area contributed by atoms with Crippen LogP contribution in [-0.2, 0) is 0 Å². The van der Waals surface area contributed by atoms with E-state index in [2.05, 4.69) is 46.1 Å². The maximum absolute atomic E-state index is 9.34. The fraction of sp³-hybridized carbons (Fsp3) is 0.235. The molecule has 27 heavy (non-hydrogen) atoms. The largest absolute Gasteiger partial charge is 0.505 e. The van der Waals surface area contributed by atoms with Crippen molar-refractivity contribution in [2.45, 2.75) is 0 Å². The van der Waals surface area contributed by atoms with Crippen molar-refractivity contribution in [2.75, 3.05) is 36.0 Å². The molecule has 5 rings (SSSR count). The van der Waals surface area contributed by atoms with Gasteiger partial charge in [-0.3, -0.25) is 5.10 Å². The van der Waals surface area contributed by atoms with E-state index in [1.165, 1.54) is 12.4 Å². The highest BCUT2D eigenvalue weighted by atomic mass is 16.3. The number of nitrogens with zero attached hydrogens (tertiary/aromatic N) is 8. The molecule has 0 atom stereocenters. The van der Waals surface area contributed by atoms with Crippen molar-refractivity contribution in [2.24, 2.45) is 0 Å². The Morgan fingerprint density at radius 1 is 0.926 bits per heavy atom. The van der Waals surface area contributed by atoms with E-state index in [1.807, 2.05) is 16.9 Å². The van der Waals surface area contributed by atoms with Gasteiger partial charge in [-0.2, -0.15) is 10.2 Å². The second-order valence-electron chi connectivity index (χ2n) is 6.34. The Bertz CT molecular complexity index is 1050. The fourth-order valence-electron chi connectivity index (χ4n) is 3.32. The lowest BCUT2D eigenvalue weighted by molar-refractivity contribution is 0.469. The van der Waals surface area contributed by atoms with Crippen molar-refractivity contribution in [3.8, 4) is 16.9 Å². The maximum Gasteiger partial charge on any atom is 0.225 e. The van der Waals surface area contributed by atoms with Gasteiger partial charge in [0.15, 0.2) is 11.6 Å². The standard InChI is InChI=1S/C17H17N9O/c27-14-8-18-17(19-9-14)25-3-1-24(2-4-25)16-15-5-12(13-6-21-22-7-13)10-26(15)23-11-20-16/h5-11,27H,1-4H2,(H,21,22). The van der Waals surface area contributed by atoms with Gasteiger partial charge in [-0.25, -0.2) is 19.5 Å². The van der Waals surface area contributed by atoms with E-state index in [-0.39, 0.29) is 5.75 Å². The Balaban J connectivity index is 1.39. The molecule has 0 aromatic carbocycles. The second-order valence-corrected chi connectivity index (χ2v) is 6.34. The monoisotopic (exact) mass is 363 g/mol. The highest BCUT2D eigenvalue weighted by Gasteiger charge is 2.22. The zero-order chi connectivity index (χ0) is 18.2. The molecular weight excluding hydrogens is 346 g/mol. The van der Waals surface area contributed by atoms with E-state index in [0.717, 1.165) is 48.6 Å². The molecule has 10 heteroatoms. The van der Waals surface area contributed by atoms with Crippen LogP contribution in [0, 0.1) is 0 Å². The average molecular weight is 363 g/mol. The summed E-state index contributed by atoms with van der Waals surface area (Å²) in [4.78, 5) is 17.2. The van der Waals surface area contributed by atoms with E-state index < -0.39 is 0 Å². The Kier molecular flexibility index (Phi) is 3.59. The zero-order valence-corrected chi connectivity index (χ0v) is 14.4. The second kappa shape index (κ2) is 6.24. The van der Waals surface area contributed by atoms with Crippen LogP contribution in [0.3, 0.4) is 0 Å².